The number of fused-ring (bicyclic) bond motifs is 1. The van der Waals surface area contributed by atoms with Crippen molar-refractivity contribution in [2.45, 2.75) is 19.4 Å². The monoisotopic (exact) mass is 177 g/mol. The predicted molar refractivity (Wildman–Crippen MR) is 49.1 cm³/mol. The van der Waals surface area contributed by atoms with E-state index in [0.717, 1.165) is 10.3 Å². The lowest BCUT2D eigenvalue weighted by Gasteiger charge is -2.26. The molecule has 3 nitrogen and oxygen atoms in total. The van der Waals surface area contributed by atoms with E-state index in [9.17, 15) is 5.21 Å². The Labute approximate surface area is 76.9 Å². The Morgan fingerprint density at radius 2 is 2.23 bits per heavy atom. The molecule has 0 spiro atoms. The van der Waals surface area contributed by atoms with Crippen molar-refractivity contribution in [3.05, 3.63) is 35.3 Å². The van der Waals surface area contributed by atoms with E-state index >= 15 is 0 Å². The molecule has 0 bridgehead atoms. The first kappa shape index (κ1) is 8.10. The summed E-state index contributed by atoms with van der Waals surface area (Å²) in [6, 6.07) is 1.74. The van der Waals surface area contributed by atoms with Crippen LogP contribution in [-0.4, -0.2) is 5.60 Å². The molecule has 2 rings (SSSR count). The Balaban J connectivity index is 2.48. The molecule has 1 aromatic heterocycles. The molecule has 2 heterocycles. The van der Waals surface area contributed by atoms with E-state index in [1.54, 1.807) is 6.07 Å². The second-order valence-electron chi connectivity index (χ2n) is 3.66. The maximum absolute atomic E-state index is 11.0. The maximum atomic E-state index is 11.0. The lowest BCUT2D eigenvalue weighted by atomic mass is 10.0. The summed E-state index contributed by atoms with van der Waals surface area (Å²) < 4.78 is 6.34. The molecule has 0 saturated heterocycles. The van der Waals surface area contributed by atoms with E-state index < -0.39 is 0 Å². The largest absolute Gasteiger partial charge is 0.619 e. The first-order chi connectivity index (χ1) is 6.07. The van der Waals surface area contributed by atoms with Gasteiger partial charge in [0.2, 0.25) is 6.20 Å². The first-order valence-corrected chi connectivity index (χ1v) is 4.18. The molecule has 3 heteroatoms. The predicted octanol–water partition coefficient (Wildman–Crippen LogP) is 1.50. The van der Waals surface area contributed by atoms with Gasteiger partial charge in [0.15, 0.2) is 11.9 Å². The van der Waals surface area contributed by atoms with E-state index in [1.807, 2.05) is 26.0 Å². The average Bonchev–Trinajstić information content (AvgIpc) is 2.01. The van der Waals surface area contributed by atoms with Gasteiger partial charge in [0, 0.05) is 11.6 Å². The van der Waals surface area contributed by atoms with Gasteiger partial charge in [-0.05, 0) is 19.9 Å². The highest BCUT2D eigenvalue weighted by molar-refractivity contribution is 5.59. The smallest absolute Gasteiger partial charge is 0.223 e. The van der Waals surface area contributed by atoms with Crippen molar-refractivity contribution in [2.24, 2.45) is 0 Å². The molecule has 1 aromatic rings. The fourth-order valence-corrected chi connectivity index (χ4v) is 1.30. The molecule has 0 fully saturated rings. The summed E-state index contributed by atoms with van der Waals surface area (Å²) in [5.74, 6) is 0.644. The van der Waals surface area contributed by atoms with Gasteiger partial charge >= 0.3 is 0 Å². The highest BCUT2D eigenvalue weighted by Gasteiger charge is 2.22. The maximum Gasteiger partial charge on any atom is 0.223 e. The molecule has 68 valence electrons. The molecule has 0 aromatic carbocycles. The van der Waals surface area contributed by atoms with Crippen LogP contribution in [0.25, 0.3) is 6.08 Å². The van der Waals surface area contributed by atoms with Crippen LogP contribution in [0.5, 0.6) is 5.75 Å². The summed E-state index contributed by atoms with van der Waals surface area (Å²) in [5, 5.41) is 11.0. The van der Waals surface area contributed by atoms with Gasteiger partial charge in [0.05, 0.1) is 0 Å². The summed E-state index contributed by atoms with van der Waals surface area (Å²) in [7, 11) is 0. The van der Waals surface area contributed by atoms with Gasteiger partial charge < -0.3 is 9.94 Å². The summed E-state index contributed by atoms with van der Waals surface area (Å²) in [6.07, 6.45) is 6.86. The Bertz CT molecular complexity index is 369. The van der Waals surface area contributed by atoms with Crippen molar-refractivity contribution in [3.63, 3.8) is 0 Å². The van der Waals surface area contributed by atoms with Crippen LogP contribution in [-0.2, 0) is 0 Å². The standard InChI is InChI=1S/C10H11NO2/c1-10(2)5-3-8-4-6-11(12)7-9(8)13-10/h3-7H,1-2H3. The molecule has 0 unspecified atom stereocenters. The second kappa shape index (κ2) is 2.49. The van der Waals surface area contributed by atoms with Gasteiger partial charge in [-0.3, -0.25) is 0 Å². The molecule has 1 aliphatic rings. The van der Waals surface area contributed by atoms with Crippen LogP contribution in [0.15, 0.2) is 24.5 Å². The number of ether oxygens (including phenoxy) is 1. The molecule has 1 aliphatic heterocycles. The van der Waals surface area contributed by atoms with Crippen LogP contribution in [0.1, 0.15) is 19.4 Å². The zero-order valence-electron chi connectivity index (χ0n) is 7.65. The molecule has 0 radical (unpaired) electrons. The SMILES string of the molecule is CC1(C)C=Cc2cc[n+]([O-])cc2O1. The number of hydrogen-bond acceptors (Lipinski definition) is 2. The van der Waals surface area contributed by atoms with Crippen LogP contribution in [0, 0.1) is 5.21 Å². The van der Waals surface area contributed by atoms with Gasteiger partial charge in [-0.2, -0.15) is 4.73 Å². The summed E-state index contributed by atoms with van der Waals surface area (Å²) in [4.78, 5) is 0. The fraction of sp³-hybridized carbons (Fsp3) is 0.300. The highest BCUT2D eigenvalue weighted by atomic mass is 16.5. The minimum absolute atomic E-state index is 0.318. The Hall–Kier alpha value is -1.51. The second-order valence-corrected chi connectivity index (χ2v) is 3.66. The van der Waals surface area contributed by atoms with E-state index in [0.29, 0.717) is 5.75 Å². The summed E-state index contributed by atoms with van der Waals surface area (Å²) >= 11 is 0. The van der Waals surface area contributed by atoms with Gasteiger partial charge in [-0.1, -0.05) is 6.08 Å². The molecule has 0 atom stereocenters. The Morgan fingerprint density at radius 3 is 3.00 bits per heavy atom. The molecular formula is C10H11NO2. The van der Waals surface area contributed by atoms with Gasteiger partial charge in [-0.25, -0.2) is 0 Å². The molecule has 0 aliphatic carbocycles. The molecular weight excluding hydrogens is 166 g/mol. The lowest BCUT2D eigenvalue weighted by molar-refractivity contribution is -0.606. The van der Waals surface area contributed by atoms with E-state index in [2.05, 4.69) is 0 Å². The zero-order valence-corrected chi connectivity index (χ0v) is 7.65. The van der Waals surface area contributed by atoms with Crippen LogP contribution in [0.4, 0.5) is 0 Å². The summed E-state index contributed by atoms with van der Waals surface area (Å²) in [5.41, 5.74) is 0.632. The van der Waals surface area contributed by atoms with Gasteiger partial charge in [-0.15, -0.1) is 0 Å². The first-order valence-electron chi connectivity index (χ1n) is 4.18. The molecule has 0 N–H and O–H groups in total. The Kier molecular flexibility index (Phi) is 1.55. The third-order valence-electron chi connectivity index (χ3n) is 1.97. The van der Waals surface area contributed by atoms with Crippen molar-refractivity contribution in [1.82, 2.24) is 0 Å². The van der Waals surface area contributed by atoms with Crippen molar-refractivity contribution in [2.75, 3.05) is 0 Å². The zero-order chi connectivity index (χ0) is 9.47. The lowest BCUT2D eigenvalue weighted by Crippen LogP contribution is -2.31. The minimum atomic E-state index is -0.318. The van der Waals surface area contributed by atoms with Crippen LogP contribution in [0.3, 0.4) is 0 Å². The van der Waals surface area contributed by atoms with Crippen LogP contribution < -0.4 is 9.47 Å². The Morgan fingerprint density at radius 1 is 1.46 bits per heavy atom. The molecule has 13 heavy (non-hydrogen) atoms. The quantitative estimate of drug-likeness (QED) is 0.445. The molecule has 0 saturated carbocycles. The third-order valence-corrected chi connectivity index (χ3v) is 1.97. The topological polar surface area (TPSA) is 36.2 Å². The number of pyridine rings is 1. The van der Waals surface area contributed by atoms with Crippen molar-refractivity contribution in [3.8, 4) is 5.75 Å². The molecule has 0 amide bonds. The van der Waals surface area contributed by atoms with E-state index in [1.165, 1.54) is 12.4 Å². The number of hydrogen-bond donors (Lipinski definition) is 0. The van der Waals surface area contributed by atoms with E-state index in [4.69, 9.17) is 4.74 Å². The average molecular weight is 177 g/mol. The van der Waals surface area contributed by atoms with Crippen LogP contribution >= 0.6 is 0 Å². The van der Waals surface area contributed by atoms with Crippen molar-refractivity contribution in [1.29, 1.82) is 0 Å². The normalized spacial score (nSPS) is 17.7. The number of rotatable bonds is 0. The van der Waals surface area contributed by atoms with Gasteiger partial charge in [0.1, 0.15) is 5.60 Å². The summed E-state index contributed by atoms with van der Waals surface area (Å²) in [6.45, 7) is 3.91. The van der Waals surface area contributed by atoms with Crippen molar-refractivity contribution < 1.29 is 9.47 Å². The number of aromatic nitrogens is 1. The van der Waals surface area contributed by atoms with Crippen LogP contribution in [0.2, 0.25) is 0 Å². The highest BCUT2D eigenvalue weighted by Crippen LogP contribution is 2.28. The number of nitrogens with zero attached hydrogens (tertiary/aromatic N) is 1. The van der Waals surface area contributed by atoms with E-state index in [-0.39, 0.29) is 5.60 Å². The van der Waals surface area contributed by atoms with Crippen molar-refractivity contribution >= 4 is 6.08 Å². The minimum Gasteiger partial charge on any atom is -0.619 e. The third kappa shape index (κ3) is 1.49. The fourth-order valence-electron chi connectivity index (χ4n) is 1.30. The van der Waals surface area contributed by atoms with Gasteiger partial charge in [0.25, 0.3) is 0 Å².